The van der Waals surface area contributed by atoms with Crippen molar-refractivity contribution in [3.63, 3.8) is 0 Å². The molecule has 2 aromatic carbocycles. The lowest BCUT2D eigenvalue weighted by Crippen LogP contribution is -2.38. The molecule has 4 heteroatoms. The maximum atomic E-state index is 12.7. The predicted octanol–water partition coefficient (Wildman–Crippen LogP) is 3.71. The topological polar surface area (TPSA) is 57.6 Å². The zero-order chi connectivity index (χ0) is 17.1. The van der Waals surface area contributed by atoms with Gasteiger partial charge in [-0.25, -0.2) is 4.79 Å². The van der Waals surface area contributed by atoms with Crippen molar-refractivity contribution in [2.75, 3.05) is 13.1 Å². The molecule has 1 N–H and O–H groups in total. The number of amides is 1. The Morgan fingerprint density at radius 2 is 1.54 bits per heavy atom. The molecule has 0 radical (unpaired) electrons. The first kappa shape index (κ1) is 16.2. The van der Waals surface area contributed by atoms with Gasteiger partial charge in [0.05, 0.1) is 11.1 Å². The fourth-order valence-corrected chi connectivity index (χ4v) is 3.46. The summed E-state index contributed by atoms with van der Waals surface area (Å²) in [6.07, 6.45) is 1.82. The lowest BCUT2D eigenvalue weighted by atomic mass is 9.86. The fraction of sp³-hybridized carbons (Fsp3) is 0.300. The van der Waals surface area contributed by atoms with Crippen LogP contribution in [-0.2, 0) is 0 Å². The molecule has 0 atom stereocenters. The zero-order valence-corrected chi connectivity index (χ0v) is 13.7. The summed E-state index contributed by atoms with van der Waals surface area (Å²) < 4.78 is 0. The summed E-state index contributed by atoms with van der Waals surface area (Å²) in [6, 6.07) is 14.8. The predicted molar refractivity (Wildman–Crippen MR) is 92.5 cm³/mol. The van der Waals surface area contributed by atoms with Crippen LogP contribution in [0.2, 0.25) is 0 Å². The van der Waals surface area contributed by atoms with E-state index in [4.69, 9.17) is 0 Å². The van der Waals surface area contributed by atoms with Crippen molar-refractivity contribution in [3.05, 3.63) is 70.8 Å². The molecule has 1 fully saturated rings. The number of hydrogen-bond donors (Lipinski definition) is 1. The second kappa shape index (κ2) is 6.87. The summed E-state index contributed by atoms with van der Waals surface area (Å²) in [5.74, 6) is -0.782. The number of carbonyl (C=O) groups is 2. The van der Waals surface area contributed by atoms with Gasteiger partial charge in [0, 0.05) is 13.1 Å². The number of carboxylic acids is 1. The first-order valence-electron chi connectivity index (χ1n) is 8.25. The molecule has 3 rings (SSSR count). The summed E-state index contributed by atoms with van der Waals surface area (Å²) >= 11 is 0. The average Bonchev–Trinajstić information content (AvgIpc) is 2.62. The third-order valence-corrected chi connectivity index (χ3v) is 4.80. The molecule has 0 saturated carbocycles. The number of piperidine rings is 1. The van der Waals surface area contributed by atoms with Gasteiger partial charge in [-0.05, 0) is 48.9 Å². The Morgan fingerprint density at radius 1 is 0.958 bits per heavy atom. The molecule has 0 spiro atoms. The van der Waals surface area contributed by atoms with E-state index >= 15 is 0 Å². The van der Waals surface area contributed by atoms with Crippen molar-refractivity contribution >= 4 is 11.9 Å². The molecule has 1 aliphatic rings. The highest BCUT2D eigenvalue weighted by Gasteiger charge is 2.27. The van der Waals surface area contributed by atoms with Gasteiger partial charge in [0.15, 0.2) is 0 Å². The van der Waals surface area contributed by atoms with Gasteiger partial charge in [0.25, 0.3) is 5.91 Å². The van der Waals surface area contributed by atoms with E-state index in [1.807, 2.05) is 6.07 Å². The number of rotatable bonds is 3. The third kappa shape index (κ3) is 3.18. The minimum atomic E-state index is -1.06. The van der Waals surface area contributed by atoms with E-state index in [2.05, 4.69) is 25.1 Å². The van der Waals surface area contributed by atoms with Gasteiger partial charge >= 0.3 is 5.97 Å². The molecular weight excluding hydrogens is 302 g/mol. The molecule has 0 aromatic heterocycles. The first-order chi connectivity index (χ1) is 11.6. The van der Waals surface area contributed by atoms with Crippen molar-refractivity contribution in [3.8, 4) is 0 Å². The van der Waals surface area contributed by atoms with Gasteiger partial charge in [-0.3, -0.25) is 4.79 Å². The first-order valence-corrected chi connectivity index (χ1v) is 8.25. The Hall–Kier alpha value is -2.62. The number of aromatic carboxylic acids is 1. The van der Waals surface area contributed by atoms with Crippen LogP contribution in [0, 0.1) is 6.92 Å². The van der Waals surface area contributed by atoms with Crippen LogP contribution >= 0.6 is 0 Å². The molecule has 2 aromatic rings. The molecule has 0 aliphatic carbocycles. The van der Waals surface area contributed by atoms with Gasteiger partial charge in [-0.2, -0.15) is 0 Å². The third-order valence-electron chi connectivity index (χ3n) is 4.80. The Bertz CT molecular complexity index is 761. The summed E-state index contributed by atoms with van der Waals surface area (Å²) in [5.41, 5.74) is 3.00. The second-order valence-electron chi connectivity index (χ2n) is 6.27. The van der Waals surface area contributed by atoms with Crippen LogP contribution in [0.4, 0.5) is 0 Å². The van der Waals surface area contributed by atoms with E-state index in [0.29, 0.717) is 19.0 Å². The standard InChI is InChI=1S/C20H21NO3/c1-14-6-2-3-7-16(14)15-10-12-21(13-11-15)19(22)17-8-4-5-9-18(17)20(23)24/h2-9,15H,10-13H2,1H3,(H,23,24). The van der Waals surface area contributed by atoms with Gasteiger partial charge in [0.1, 0.15) is 0 Å². The van der Waals surface area contributed by atoms with Crippen LogP contribution in [0.25, 0.3) is 0 Å². The van der Waals surface area contributed by atoms with Crippen LogP contribution in [0.5, 0.6) is 0 Å². The molecule has 4 nitrogen and oxygen atoms in total. The molecule has 1 saturated heterocycles. The highest BCUT2D eigenvalue weighted by Crippen LogP contribution is 2.30. The van der Waals surface area contributed by atoms with E-state index in [9.17, 15) is 14.7 Å². The minimum Gasteiger partial charge on any atom is -0.478 e. The summed E-state index contributed by atoms with van der Waals surface area (Å²) in [7, 11) is 0. The van der Waals surface area contributed by atoms with Crippen molar-refractivity contribution in [2.45, 2.75) is 25.7 Å². The van der Waals surface area contributed by atoms with Gasteiger partial charge in [0.2, 0.25) is 0 Å². The van der Waals surface area contributed by atoms with Gasteiger partial charge < -0.3 is 10.0 Å². The maximum Gasteiger partial charge on any atom is 0.336 e. The largest absolute Gasteiger partial charge is 0.478 e. The molecule has 1 heterocycles. The molecular formula is C20H21NO3. The number of carboxylic acid groups (broad SMARTS) is 1. The van der Waals surface area contributed by atoms with Crippen LogP contribution in [0.3, 0.4) is 0 Å². The van der Waals surface area contributed by atoms with Crippen LogP contribution in [0.1, 0.15) is 50.6 Å². The summed E-state index contributed by atoms with van der Waals surface area (Å²) in [4.78, 5) is 25.8. The number of nitrogens with zero attached hydrogens (tertiary/aromatic N) is 1. The van der Waals surface area contributed by atoms with E-state index in [-0.39, 0.29) is 17.0 Å². The molecule has 124 valence electrons. The lowest BCUT2D eigenvalue weighted by molar-refractivity contribution is 0.0662. The van der Waals surface area contributed by atoms with Crippen LogP contribution < -0.4 is 0 Å². The zero-order valence-electron chi connectivity index (χ0n) is 13.7. The lowest BCUT2D eigenvalue weighted by Gasteiger charge is -2.33. The Labute approximate surface area is 141 Å². The highest BCUT2D eigenvalue weighted by molar-refractivity contribution is 6.04. The van der Waals surface area contributed by atoms with E-state index in [1.165, 1.54) is 17.2 Å². The van der Waals surface area contributed by atoms with Gasteiger partial charge in [-0.1, -0.05) is 36.4 Å². The van der Waals surface area contributed by atoms with Gasteiger partial charge in [-0.15, -0.1) is 0 Å². The number of hydrogen-bond acceptors (Lipinski definition) is 2. The van der Waals surface area contributed by atoms with Crippen LogP contribution in [0.15, 0.2) is 48.5 Å². The Balaban J connectivity index is 1.72. The summed E-state index contributed by atoms with van der Waals surface area (Å²) in [6.45, 7) is 3.44. The van der Waals surface area contributed by atoms with Crippen LogP contribution in [-0.4, -0.2) is 35.0 Å². The average molecular weight is 323 g/mol. The molecule has 1 aliphatic heterocycles. The van der Waals surface area contributed by atoms with Crippen molar-refractivity contribution in [1.29, 1.82) is 0 Å². The fourth-order valence-electron chi connectivity index (χ4n) is 3.46. The second-order valence-corrected chi connectivity index (χ2v) is 6.27. The molecule has 1 amide bonds. The van der Waals surface area contributed by atoms with Crippen molar-refractivity contribution < 1.29 is 14.7 Å². The summed E-state index contributed by atoms with van der Waals surface area (Å²) in [5, 5.41) is 9.26. The van der Waals surface area contributed by atoms with E-state index in [0.717, 1.165) is 12.8 Å². The molecule has 0 unspecified atom stereocenters. The minimum absolute atomic E-state index is 0.0727. The Morgan fingerprint density at radius 3 is 2.17 bits per heavy atom. The Kier molecular flexibility index (Phi) is 4.65. The SMILES string of the molecule is Cc1ccccc1C1CCN(C(=O)c2ccccc2C(=O)O)CC1. The van der Waals surface area contributed by atoms with E-state index < -0.39 is 5.97 Å². The molecule has 0 bridgehead atoms. The number of aryl methyl sites for hydroxylation is 1. The monoisotopic (exact) mass is 323 g/mol. The quantitative estimate of drug-likeness (QED) is 0.936. The molecule has 24 heavy (non-hydrogen) atoms. The number of likely N-dealkylation sites (tertiary alicyclic amines) is 1. The van der Waals surface area contributed by atoms with Crippen molar-refractivity contribution in [1.82, 2.24) is 4.90 Å². The number of benzene rings is 2. The number of carbonyl (C=O) groups excluding carboxylic acids is 1. The van der Waals surface area contributed by atoms with Crippen molar-refractivity contribution in [2.24, 2.45) is 0 Å². The maximum absolute atomic E-state index is 12.7. The highest BCUT2D eigenvalue weighted by atomic mass is 16.4. The smallest absolute Gasteiger partial charge is 0.336 e. The normalized spacial score (nSPS) is 15.3. The van der Waals surface area contributed by atoms with E-state index in [1.54, 1.807) is 23.1 Å².